The number of nitrogens with zero attached hydrogens (tertiary/aromatic N) is 2. The third kappa shape index (κ3) is 1.82. The molecular weight excluding hydrogens is 178 g/mol. The number of nitroso groups, excluding NO2 is 1. The molecule has 0 fully saturated rings. The lowest BCUT2D eigenvalue weighted by Crippen LogP contribution is -2.15. The van der Waals surface area contributed by atoms with E-state index in [1.807, 2.05) is 13.8 Å². The molecule has 1 unspecified atom stereocenters. The van der Waals surface area contributed by atoms with Gasteiger partial charge in [0.25, 0.3) is 0 Å². The second-order valence-corrected chi connectivity index (χ2v) is 3.68. The van der Waals surface area contributed by atoms with Crippen molar-refractivity contribution in [3.63, 3.8) is 0 Å². The van der Waals surface area contributed by atoms with Gasteiger partial charge < -0.3 is 5.73 Å². The molecule has 0 saturated carbocycles. The zero-order valence-corrected chi connectivity index (χ0v) is 8.32. The predicted octanol–water partition coefficient (Wildman–Crippen LogP) is 2.05. The van der Waals surface area contributed by atoms with Gasteiger partial charge in [-0.2, -0.15) is 5.26 Å². The van der Waals surface area contributed by atoms with Crippen molar-refractivity contribution >= 4 is 0 Å². The molecule has 1 aliphatic carbocycles. The van der Waals surface area contributed by atoms with Gasteiger partial charge in [-0.15, -0.1) is 4.91 Å². The first-order valence-electron chi connectivity index (χ1n) is 4.53. The fourth-order valence-electron chi connectivity index (χ4n) is 1.58. The third-order valence-corrected chi connectivity index (χ3v) is 2.35. The van der Waals surface area contributed by atoms with Crippen molar-refractivity contribution in [2.45, 2.75) is 20.3 Å². The Labute approximate surface area is 83.1 Å². The smallest absolute Gasteiger partial charge is 0.130 e. The van der Waals surface area contributed by atoms with Crippen molar-refractivity contribution < 1.29 is 0 Å². The van der Waals surface area contributed by atoms with Crippen LogP contribution in [0.15, 0.2) is 28.2 Å². The quantitative estimate of drug-likeness (QED) is 0.678. The minimum atomic E-state index is -0.224. The van der Waals surface area contributed by atoms with Gasteiger partial charge in [-0.05, 0) is 29.2 Å². The Morgan fingerprint density at radius 3 is 2.79 bits per heavy atom. The molecule has 0 bridgehead atoms. The van der Waals surface area contributed by atoms with Gasteiger partial charge in [-0.25, -0.2) is 0 Å². The molecule has 0 saturated heterocycles. The highest BCUT2D eigenvalue weighted by atomic mass is 16.3. The Bertz CT molecular complexity index is 347. The third-order valence-electron chi connectivity index (χ3n) is 2.35. The van der Waals surface area contributed by atoms with Crippen molar-refractivity contribution in [1.82, 2.24) is 0 Å². The number of hydrogen-bond donors (Lipinski definition) is 1. The SMILES string of the molecule is CC(C)C1=C(N=O)C(N)=CC(C#N)C1. The van der Waals surface area contributed by atoms with Crippen LogP contribution in [0.2, 0.25) is 0 Å². The van der Waals surface area contributed by atoms with Gasteiger partial charge in [0.15, 0.2) is 0 Å². The molecule has 74 valence electrons. The highest BCUT2D eigenvalue weighted by Gasteiger charge is 2.23. The van der Waals surface area contributed by atoms with Gasteiger partial charge >= 0.3 is 0 Å². The van der Waals surface area contributed by atoms with Crippen LogP contribution in [0.1, 0.15) is 20.3 Å². The molecule has 1 atom stereocenters. The molecule has 0 aromatic heterocycles. The van der Waals surface area contributed by atoms with Gasteiger partial charge in [0.1, 0.15) is 5.70 Å². The highest BCUT2D eigenvalue weighted by molar-refractivity contribution is 5.38. The first-order chi connectivity index (χ1) is 6.60. The van der Waals surface area contributed by atoms with Crippen LogP contribution in [0, 0.1) is 28.1 Å². The lowest BCUT2D eigenvalue weighted by molar-refractivity contribution is 0.644. The van der Waals surface area contributed by atoms with E-state index < -0.39 is 0 Å². The van der Waals surface area contributed by atoms with Gasteiger partial charge in [0.05, 0.1) is 17.7 Å². The zero-order valence-electron chi connectivity index (χ0n) is 8.32. The van der Waals surface area contributed by atoms with Crippen LogP contribution in [0.5, 0.6) is 0 Å². The van der Waals surface area contributed by atoms with Crippen LogP contribution in [0.4, 0.5) is 0 Å². The molecule has 4 nitrogen and oxygen atoms in total. The molecule has 1 aliphatic rings. The maximum atomic E-state index is 10.6. The number of nitriles is 1. The summed E-state index contributed by atoms with van der Waals surface area (Å²) in [4.78, 5) is 10.6. The number of allylic oxidation sites excluding steroid dienone is 2. The van der Waals surface area contributed by atoms with Crippen molar-refractivity contribution in [2.75, 3.05) is 0 Å². The van der Waals surface area contributed by atoms with E-state index in [2.05, 4.69) is 11.2 Å². The molecule has 0 heterocycles. The molecule has 0 aromatic rings. The average Bonchev–Trinajstić information content (AvgIpc) is 2.16. The van der Waals surface area contributed by atoms with E-state index in [0.717, 1.165) is 5.57 Å². The molecule has 14 heavy (non-hydrogen) atoms. The highest BCUT2D eigenvalue weighted by Crippen LogP contribution is 2.31. The maximum absolute atomic E-state index is 10.6. The Hall–Kier alpha value is -1.63. The van der Waals surface area contributed by atoms with Gasteiger partial charge in [-0.1, -0.05) is 13.8 Å². The molecule has 0 radical (unpaired) electrons. The lowest BCUT2D eigenvalue weighted by atomic mass is 9.86. The van der Waals surface area contributed by atoms with Crippen LogP contribution in [0.25, 0.3) is 0 Å². The molecule has 0 aliphatic heterocycles. The van der Waals surface area contributed by atoms with E-state index >= 15 is 0 Å². The predicted molar refractivity (Wildman–Crippen MR) is 53.6 cm³/mol. The molecule has 0 spiro atoms. The molecule has 0 amide bonds. The zero-order chi connectivity index (χ0) is 10.7. The van der Waals surface area contributed by atoms with E-state index in [1.54, 1.807) is 6.08 Å². The minimum absolute atomic E-state index is 0.200. The van der Waals surface area contributed by atoms with Gasteiger partial charge in [-0.3, -0.25) is 0 Å². The second kappa shape index (κ2) is 4.05. The summed E-state index contributed by atoms with van der Waals surface area (Å²) in [5.41, 5.74) is 7.18. The first kappa shape index (κ1) is 10.5. The summed E-state index contributed by atoms with van der Waals surface area (Å²) < 4.78 is 0. The number of nitrogens with two attached hydrogens (primary N) is 1. The molecule has 0 aromatic carbocycles. The summed E-state index contributed by atoms with van der Waals surface area (Å²) in [5.74, 6) is -0.0244. The van der Waals surface area contributed by atoms with Crippen LogP contribution >= 0.6 is 0 Å². The number of rotatable bonds is 2. The Morgan fingerprint density at radius 2 is 2.36 bits per heavy atom. The molecule has 2 N–H and O–H groups in total. The van der Waals surface area contributed by atoms with Gasteiger partial charge in [0, 0.05) is 0 Å². The lowest BCUT2D eigenvalue weighted by Gasteiger charge is -2.20. The monoisotopic (exact) mass is 191 g/mol. The fraction of sp³-hybridized carbons (Fsp3) is 0.500. The second-order valence-electron chi connectivity index (χ2n) is 3.68. The Balaban J connectivity index is 3.13. The van der Waals surface area contributed by atoms with Crippen LogP contribution < -0.4 is 5.73 Å². The molecule has 4 heteroatoms. The maximum Gasteiger partial charge on any atom is 0.130 e. The molecule has 1 rings (SSSR count). The van der Waals surface area contributed by atoms with E-state index in [0.29, 0.717) is 17.8 Å². The number of hydrogen-bond acceptors (Lipinski definition) is 4. The summed E-state index contributed by atoms with van der Waals surface area (Å²) in [5, 5.41) is 11.7. The largest absolute Gasteiger partial charge is 0.397 e. The summed E-state index contributed by atoms with van der Waals surface area (Å²) in [7, 11) is 0. The Morgan fingerprint density at radius 1 is 1.71 bits per heavy atom. The molecular formula is C10H13N3O. The Kier molecular flexibility index (Phi) is 3.03. The van der Waals surface area contributed by atoms with Crippen LogP contribution in [-0.4, -0.2) is 0 Å². The van der Waals surface area contributed by atoms with Gasteiger partial charge in [0.2, 0.25) is 0 Å². The standard InChI is InChI=1S/C10H13N3O/c1-6(2)8-3-7(5-11)4-9(12)10(8)13-14/h4,6-7H,3,12H2,1-2H3. The van der Waals surface area contributed by atoms with Crippen molar-refractivity contribution in [1.29, 1.82) is 5.26 Å². The summed E-state index contributed by atoms with van der Waals surface area (Å²) in [6.45, 7) is 3.93. The fourth-order valence-corrected chi connectivity index (χ4v) is 1.58. The van der Waals surface area contributed by atoms with E-state index in [-0.39, 0.29) is 11.8 Å². The average molecular weight is 191 g/mol. The van der Waals surface area contributed by atoms with E-state index in [1.165, 1.54) is 0 Å². The van der Waals surface area contributed by atoms with Crippen molar-refractivity contribution in [2.24, 2.45) is 22.7 Å². The topological polar surface area (TPSA) is 79.2 Å². The summed E-state index contributed by atoms with van der Waals surface area (Å²) in [6.07, 6.45) is 2.17. The minimum Gasteiger partial charge on any atom is -0.397 e. The first-order valence-corrected chi connectivity index (χ1v) is 4.53. The van der Waals surface area contributed by atoms with E-state index in [4.69, 9.17) is 11.0 Å². The normalized spacial score (nSPS) is 21.9. The van der Waals surface area contributed by atoms with Crippen LogP contribution in [0.3, 0.4) is 0 Å². The van der Waals surface area contributed by atoms with Crippen LogP contribution in [-0.2, 0) is 0 Å². The summed E-state index contributed by atoms with van der Waals surface area (Å²) >= 11 is 0. The van der Waals surface area contributed by atoms with Crippen molar-refractivity contribution in [3.8, 4) is 6.07 Å². The van der Waals surface area contributed by atoms with Crippen molar-refractivity contribution in [3.05, 3.63) is 28.0 Å². The van der Waals surface area contributed by atoms with E-state index in [9.17, 15) is 4.91 Å². The summed E-state index contributed by atoms with van der Waals surface area (Å²) in [6, 6.07) is 2.13.